The zero-order valence-corrected chi connectivity index (χ0v) is 16.8. The van der Waals surface area contributed by atoms with Crippen LogP contribution in [0.15, 0.2) is 30.5 Å². The van der Waals surface area contributed by atoms with Crippen molar-refractivity contribution in [2.75, 3.05) is 10.6 Å². The van der Waals surface area contributed by atoms with Crippen LogP contribution in [-0.4, -0.2) is 38.3 Å². The van der Waals surface area contributed by atoms with Crippen molar-refractivity contribution in [3.8, 4) is 0 Å². The minimum atomic E-state index is 0.398. The lowest BCUT2D eigenvalue weighted by molar-refractivity contribution is 0.290. The molecule has 0 spiro atoms. The van der Waals surface area contributed by atoms with E-state index in [0.717, 1.165) is 59.7 Å². The van der Waals surface area contributed by atoms with Crippen LogP contribution >= 0.6 is 0 Å². The van der Waals surface area contributed by atoms with E-state index in [4.69, 9.17) is 4.98 Å². The molecule has 2 atom stereocenters. The van der Waals surface area contributed by atoms with Gasteiger partial charge in [-0.3, -0.25) is 10.1 Å². The summed E-state index contributed by atoms with van der Waals surface area (Å²) < 4.78 is 0. The monoisotopic (exact) mass is 379 g/mol. The maximum absolute atomic E-state index is 4.86. The van der Waals surface area contributed by atoms with Gasteiger partial charge < -0.3 is 16.0 Å². The van der Waals surface area contributed by atoms with Gasteiger partial charge in [-0.05, 0) is 44.7 Å². The first kappa shape index (κ1) is 18.7. The van der Waals surface area contributed by atoms with Crippen LogP contribution in [0.5, 0.6) is 0 Å². The number of aryl methyl sites for hydroxylation is 1. The summed E-state index contributed by atoms with van der Waals surface area (Å²) in [6, 6.07) is 9.47. The lowest BCUT2D eigenvalue weighted by Gasteiger charge is -2.36. The van der Waals surface area contributed by atoms with E-state index in [1.165, 1.54) is 0 Å². The van der Waals surface area contributed by atoms with Crippen molar-refractivity contribution in [1.82, 2.24) is 25.5 Å². The minimum absolute atomic E-state index is 0.398. The van der Waals surface area contributed by atoms with E-state index < -0.39 is 0 Å². The third-order valence-corrected chi connectivity index (χ3v) is 5.50. The summed E-state index contributed by atoms with van der Waals surface area (Å²) in [4.78, 5) is 9.41. The molecule has 0 aliphatic carbocycles. The lowest BCUT2D eigenvalue weighted by atomic mass is 9.91. The number of rotatable bonds is 6. The van der Waals surface area contributed by atoms with Crippen molar-refractivity contribution in [1.29, 1.82) is 0 Å². The molecule has 2 unspecified atom stereocenters. The Hall–Kier alpha value is -2.67. The summed E-state index contributed by atoms with van der Waals surface area (Å²) in [5.74, 6) is 2.38. The molecule has 7 nitrogen and oxygen atoms in total. The van der Waals surface area contributed by atoms with Gasteiger partial charge in [0.15, 0.2) is 5.82 Å². The first-order valence-electron chi connectivity index (χ1n) is 10.2. The summed E-state index contributed by atoms with van der Waals surface area (Å²) in [7, 11) is 0. The summed E-state index contributed by atoms with van der Waals surface area (Å²) in [6.45, 7) is 6.48. The average Bonchev–Trinajstić information content (AvgIpc) is 3.12. The van der Waals surface area contributed by atoms with Gasteiger partial charge in [0.05, 0.1) is 5.52 Å². The zero-order chi connectivity index (χ0) is 19.5. The Morgan fingerprint density at radius 3 is 2.57 bits per heavy atom. The molecular formula is C21H29N7. The van der Waals surface area contributed by atoms with Gasteiger partial charge in [0.2, 0.25) is 0 Å². The van der Waals surface area contributed by atoms with Crippen molar-refractivity contribution < 1.29 is 0 Å². The van der Waals surface area contributed by atoms with E-state index in [1.54, 1.807) is 0 Å². The first-order chi connectivity index (χ1) is 13.6. The second-order valence-corrected chi connectivity index (χ2v) is 7.68. The lowest BCUT2D eigenvalue weighted by Crippen LogP contribution is -2.49. The van der Waals surface area contributed by atoms with Gasteiger partial charge >= 0.3 is 0 Å². The topological polar surface area (TPSA) is 90.5 Å². The van der Waals surface area contributed by atoms with Gasteiger partial charge in [0.1, 0.15) is 11.6 Å². The van der Waals surface area contributed by atoms with E-state index in [2.05, 4.69) is 51.0 Å². The fourth-order valence-corrected chi connectivity index (χ4v) is 4.00. The third kappa shape index (κ3) is 4.09. The fraction of sp³-hybridized carbons (Fsp3) is 0.476. The first-order valence-corrected chi connectivity index (χ1v) is 10.2. The maximum atomic E-state index is 4.86. The van der Waals surface area contributed by atoms with Crippen LogP contribution in [0.3, 0.4) is 0 Å². The molecule has 28 heavy (non-hydrogen) atoms. The molecule has 0 radical (unpaired) electrons. The molecule has 3 aromatic heterocycles. The number of hydrogen-bond acceptors (Lipinski definition) is 6. The second kappa shape index (κ2) is 8.14. The van der Waals surface area contributed by atoms with E-state index in [9.17, 15) is 0 Å². The molecule has 0 aromatic carbocycles. The predicted octanol–water partition coefficient (Wildman–Crippen LogP) is 4.13. The number of aromatic amines is 1. The number of fused-ring (bicyclic) bond motifs is 1. The molecule has 0 saturated carbocycles. The number of anilines is 3. The molecule has 1 fully saturated rings. The Bertz CT molecular complexity index is 923. The van der Waals surface area contributed by atoms with Crippen molar-refractivity contribution in [3.63, 3.8) is 0 Å². The van der Waals surface area contributed by atoms with Crippen molar-refractivity contribution >= 4 is 28.4 Å². The van der Waals surface area contributed by atoms with Crippen LogP contribution in [0, 0.1) is 6.92 Å². The largest absolute Gasteiger partial charge is 0.367 e. The molecule has 3 aromatic rings. The van der Waals surface area contributed by atoms with Crippen molar-refractivity contribution in [2.24, 2.45) is 0 Å². The Morgan fingerprint density at radius 1 is 1.11 bits per heavy atom. The number of piperidine rings is 1. The Kier molecular flexibility index (Phi) is 5.43. The quantitative estimate of drug-likeness (QED) is 0.515. The summed E-state index contributed by atoms with van der Waals surface area (Å²) in [6.07, 6.45) is 6.31. The van der Waals surface area contributed by atoms with E-state index in [0.29, 0.717) is 18.1 Å². The molecule has 1 aliphatic rings. The average molecular weight is 380 g/mol. The highest BCUT2D eigenvalue weighted by Crippen LogP contribution is 2.28. The summed E-state index contributed by atoms with van der Waals surface area (Å²) in [5, 5.41) is 19.0. The Morgan fingerprint density at radius 2 is 1.89 bits per heavy atom. The van der Waals surface area contributed by atoms with Gasteiger partial charge in [-0.2, -0.15) is 5.10 Å². The minimum Gasteiger partial charge on any atom is -0.367 e. The van der Waals surface area contributed by atoms with Crippen LogP contribution < -0.4 is 16.0 Å². The van der Waals surface area contributed by atoms with Gasteiger partial charge in [-0.25, -0.2) is 4.98 Å². The smallest absolute Gasteiger partial charge is 0.153 e. The van der Waals surface area contributed by atoms with Gasteiger partial charge in [0, 0.05) is 47.5 Å². The van der Waals surface area contributed by atoms with Crippen LogP contribution in [0.4, 0.5) is 17.5 Å². The number of nitrogens with zero attached hydrogens (tertiary/aromatic N) is 3. The van der Waals surface area contributed by atoms with Crippen LogP contribution in [0.1, 0.15) is 45.2 Å². The Labute approximate surface area is 165 Å². The Balaban J connectivity index is 1.63. The number of aromatic nitrogens is 4. The molecule has 4 rings (SSSR count). The molecule has 1 saturated heterocycles. The van der Waals surface area contributed by atoms with E-state index in [1.807, 2.05) is 31.3 Å². The summed E-state index contributed by atoms with van der Waals surface area (Å²) >= 11 is 0. The molecule has 1 aliphatic heterocycles. The van der Waals surface area contributed by atoms with E-state index in [-0.39, 0.29) is 0 Å². The van der Waals surface area contributed by atoms with Crippen LogP contribution in [0.25, 0.3) is 10.9 Å². The molecule has 0 bridgehead atoms. The zero-order valence-electron chi connectivity index (χ0n) is 16.8. The molecule has 0 amide bonds. The molecule has 148 valence electrons. The van der Waals surface area contributed by atoms with Crippen molar-refractivity contribution in [3.05, 3.63) is 36.2 Å². The van der Waals surface area contributed by atoms with Crippen LogP contribution in [-0.2, 0) is 0 Å². The highest BCUT2D eigenvalue weighted by Gasteiger charge is 2.27. The molecule has 7 heteroatoms. The van der Waals surface area contributed by atoms with Gasteiger partial charge in [-0.1, -0.05) is 13.8 Å². The van der Waals surface area contributed by atoms with Crippen molar-refractivity contribution in [2.45, 2.75) is 64.6 Å². The SMILES string of the molecule is CCC1CC(Nc2nc(Nc3cc(C)[nH]n3)cc3ncccc23)CC(CC)N1. The van der Waals surface area contributed by atoms with E-state index >= 15 is 0 Å². The standard InChI is InChI=1S/C21H29N7/c1-4-14-10-16(11-15(5-2)23-14)24-21-17-7-6-8-22-18(17)12-19(26-21)25-20-9-13(3)27-28-20/h6-9,12,14-16,23H,4-5,10-11H2,1-3H3,(H3,24,25,26,27,28). The number of nitrogens with one attached hydrogen (secondary N) is 4. The third-order valence-electron chi connectivity index (χ3n) is 5.50. The molecule has 4 heterocycles. The van der Waals surface area contributed by atoms with Gasteiger partial charge in [-0.15, -0.1) is 0 Å². The normalized spacial score (nSPS) is 22.3. The molecular weight excluding hydrogens is 350 g/mol. The number of H-pyrrole nitrogens is 1. The van der Waals surface area contributed by atoms with Crippen LogP contribution in [0.2, 0.25) is 0 Å². The van der Waals surface area contributed by atoms with Gasteiger partial charge in [0.25, 0.3) is 0 Å². The highest BCUT2D eigenvalue weighted by molar-refractivity contribution is 5.91. The fourth-order valence-electron chi connectivity index (χ4n) is 4.00. The second-order valence-electron chi connectivity index (χ2n) is 7.68. The molecule has 4 N–H and O–H groups in total. The maximum Gasteiger partial charge on any atom is 0.153 e. The number of hydrogen-bond donors (Lipinski definition) is 4. The predicted molar refractivity (Wildman–Crippen MR) is 114 cm³/mol. The number of pyridine rings is 2. The summed E-state index contributed by atoms with van der Waals surface area (Å²) in [5.41, 5.74) is 1.92. The highest BCUT2D eigenvalue weighted by atomic mass is 15.2.